The number of alkyl halides is 1. The monoisotopic (exact) mass is 404 g/mol. The van der Waals surface area contributed by atoms with Gasteiger partial charge in [-0.3, -0.25) is 0 Å². The molecule has 2 aromatic rings. The molecule has 100 valence electrons. The Balaban J connectivity index is 2.24. The van der Waals surface area contributed by atoms with Crippen molar-refractivity contribution in [2.24, 2.45) is 0 Å². The Morgan fingerprint density at radius 3 is 2.58 bits per heavy atom. The van der Waals surface area contributed by atoms with Crippen molar-refractivity contribution in [2.45, 2.75) is 12.3 Å². The summed E-state index contributed by atoms with van der Waals surface area (Å²) >= 11 is 13.0. The van der Waals surface area contributed by atoms with Gasteiger partial charge in [0.2, 0.25) is 0 Å². The Hall–Kier alpha value is -0.380. The van der Waals surface area contributed by atoms with E-state index in [1.165, 1.54) is 17.7 Å². The van der Waals surface area contributed by atoms with Crippen molar-refractivity contribution < 1.29 is 4.39 Å². The highest BCUT2D eigenvalue weighted by atomic mass is 79.9. The molecule has 2 rings (SSSR count). The van der Waals surface area contributed by atoms with Crippen LogP contribution in [0.2, 0.25) is 5.02 Å². The van der Waals surface area contributed by atoms with Crippen molar-refractivity contribution in [1.82, 2.24) is 0 Å². The quantitative estimate of drug-likeness (QED) is 0.550. The van der Waals surface area contributed by atoms with Gasteiger partial charge < -0.3 is 0 Å². The first-order valence-electron chi connectivity index (χ1n) is 5.85. The molecule has 0 amide bonds. The minimum absolute atomic E-state index is 0.228. The van der Waals surface area contributed by atoms with E-state index < -0.39 is 0 Å². The molecule has 0 aliphatic rings. The molecule has 0 aliphatic carbocycles. The van der Waals surface area contributed by atoms with Gasteiger partial charge in [-0.25, -0.2) is 4.39 Å². The third-order valence-corrected chi connectivity index (χ3v) is 4.74. The van der Waals surface area contributed by atoms with Crippen LogP contribution in [0.15, 0.2) is 46.9 Å². The fourth-order valence-electron chi connectivity index (χ4n) is 1.97. The predicted octanol–water partition coefficient (Wildman–Crippen LogP) is 5.96. The number of hydrogen-bond acceptors (Lipinski definition) is 0. The zero-order valence-electron chi connectivity index (χ0n) is 10.0. The second-order valence-electron chi connectivity index (χ2n) is 4.35. The highest BCUT2D eigenvalue weighted by molar-refractivity contribution is 9.10. The van der Waals surface area contributed by atoms with E-state index >= 15 is 0 Å². The lowest BCUT2D eigenvalue weighted by atomic mass is 9.94. The summed E-state index contributed by atoms with van der Waals surface area (Å²) in [6.45, 7) is 0. The maximum atomic E-state index is 13.1. The van der Waals surface area contributed by atoms with E-state index in [0.717, 1.165) is 26.8 Å². The van der Waals surface area contributed by atoms with E-state index in [4.69, 9.17) is 11.6 Å². The zero-order chi connectivity index (χ0) is 13.8. The molecule has 0 N–H and O–H groups in total. The van der Waals surface area contributed by atoms with Crippen molar-refractivity contribution in [3.05, 3.63) is 68.9 Å². The van der Waals surface area contributed by atoms with Crippen molar-refractivity contribution in [3.63, 3.8) is 0 Å². The van der Waals surface area contributed by atoms with Crippen LogP contribution in [0.25, 0.3) is 0 Å². The molecular weight excluding hydrogens is 394 g/mol. The largest absolute Gasteiger partial charge is 0.207 e. The second kappa shape index (κ2) is 6.87. The van der Waals surface area contributed by atoms with Crippen LogP contribution in [-0.2, 0) is 6.42 Å². The number of hydrogen-bond donors (Lipinski definition) is 0. The third kappa shape index (κ3) is 4.04. The zero-order valence-corrected chi connectivity index (χ0v) is 14.0. The van der Waals surface area contributed by atoms with E-state index in [2.05, 4.69) is 37.9 Å². The summed E-state index contributed by atoms with van der Waals surface area (Å²) in [7, 11) is 0. The van der Waals surface area contributed by atoms with Gasteiger partial charge in [0, 0.05) is 14.8 Å². The van der Waals surface area contributed by atoms with Gasteiger partial charge in [0.15, 0.2) is 0 Å². The van der Waals surface area contributed by atoms with Crippen LogP contribution in [0.5, 0.6) is 0 Å². The molecule has 1 atom stereocenters. The Morgan fingerprint density at radius 2 is 1.95 bits per heavy atom. The normalized spacial score (nSPS) is 12.4. The summed E-state index contributed by atoms with van der Waals surface area (Å²) < 4.78 is 13.9. The van der Waals surface area contributed by atoms with Gasteiger partial charge in [0.1, 0.15) is 5.82 Å². The molecule has 0 saturated heterocycles. The summed E-state index contributed by atoms with van der Waals surface area (Å²) in [5.74, 6) is 0.0780. The van der Waals surface area contributed by atoms with Gasteiger partial charge >= 0.3 is 0 Å². The van der Waals surface area contributed by atoms with Gasteiger partial charge in [-0.05, 0) is 47.7 Å². The summed E-state index contributed by atoms with van der Waals surface area (Å²) in [5, 5.41) is 1.57. The first kappa shape index (κ1) is 15.0. The molecule has 0 fully saturated rings. The maximum Gasteiger partial charge on any atom is 0.124 e. The van der Waals surface area contributed by atoms with Crippen LogP contribution in [-0.4, -0.2) is 5.33 Å². The third-order valence-electron chi connectivity index (χ3n) is 2.99. The Labute approximate surface area is 134 Å². The van der Waals surface area contributed by atoms with Gasteiger partial charge in [-0.15, -0.1) is 0 Å². The number of rotatable bonds is 4. The van der Waals surface area contributed by atoms with Crippen LogP contribution in [0, 0.1) is 5.82 Å². The molecule has 0 saturated carbocycles. The molecule has 1 unspecified atom stereocenters. The van der Waals surface area contributed by atoms with Gasteiger partial charge in [-0.1, -0.05) is 61.7 Å². The molecule has 0 bridgehead atoms. The molecule has 0 aliphatic heterocycles. The van der Waals surface area contributed by atoms with Crippen LogP contribution < -0.4 is 0 Å². The van der Waals surface area contributed by atoms with E-state index in [1.807, 2.05) is 24.3 Å². The highest BCUT2D eigenvalue weighted by Crippen LogP contribution is 2.28. The van der Waals surface area contributed by atoms with Crippen molar-refractivity contribution in [1.29, 1.82) is 0 Å². The van der Waals surface area contributed by atoms with Gasteiger partial charge in [-0.2, -0.15) is 0 Å². The molecule has 0 aromatic heterocycles. The lowest BCUT2D eigenvalue weighted by Crippen LogP contribution is -2.05. The maximum absolute atomic E-state index is 13.1. The minimum atomic E-state index is -0.228. The van der Waals surface area contributed by atoms with Crippen LogP contribution in [0.3, 0.4) is 0 Å². The first-order valence-corrected chi connectivity index (χ1v) is 8.14. The van der Waals surface area contributed by atoms with E-state index in [-0.39, 0.29) is 5.82 Å². The second-order valence-corrected chi connectivity index (χ2v) is 6.28. The smallest absolute Gasteiger partial charge is 0.124 e. The van der Waals surface area contributed by atoms with Gasteiger partial charge in [0.05, 0.1) is 0 Å². The minimum Gasteiger partial charge on any atom is -0.207 e. The molecule has 4 heteroatoms. The standard InChI is InChI=1S/C15H12Br2ClF/c16-9-12(10-2-1-3-13(18)7-10)6-11-4-5-14(19)8-15(11)17/h1-5,7-8,12H,6,9H2. The van der Waals surface area contributed by atoms with Crippen LogP contribution >= 0.6 is 43.5 Å². The Morgan fingerprint density at radius 1 is 1.16 bits per heavy atom. The number of benzene rings is 2. The predicted molar refractivity (Wildman–Crippen MR) is 85.8 cm³/mol. The fourth-order valence-corrected chi connectivity index (χ4v) is 3.29. The van der Waals surface area contributed by atoms with E-state index in [1.54, 1.807) is 0 Å². The average molecular weight is 407 g/mol. The van der Waals surface area contributed by atoms with Crippen LogP contribution in [0.1, 0.15) is 17.0 Å². The van der Waals surface area contributed by atoms with Crippen LogP contribution in [0.4, 0.5) is 4.39 Å². The van der Waals surface area contributed by atoms with Crippen molar-refractivity contribution >= 4 is 43.5 Å². The molecule has 0 radical (unpaired) electrons. The molecule has 2 aromatic carbocycles. The molecular formula is C15H12Br2ClF. The lowest BCUT2D eigenvalue weighted by molar-refractivity contribution is 0.625. The first-order chi connectivity index (χ1) is 9.10. The van der Waals surface area contributed by atoms with Crippen molar-refractivity contribution in [3.8, 4) is 0 Å². The summed E-state index contributed by atoms with van der Waals surface area (Å²) in [6, 6.07) is 12.7. The molecule has 0 spiro atoms. The van der Waals surface area contributed by atoms with E-state index in [9.17, 15) is 4.39 Å². The summed E-state index contributed by atoms with van der Waals surface area (Å²) in [5.41, 5.74) is 2.27. The topological polar surface area (TPSA) is 0 Å². The Kier molecular flexibility index (Phi) is 5.43. The van der Waals surface area contributed by atoms with Gasteiger partial charge in [0.25, 0.3) is 0 Å². The SMILES string of the molecule is Fc1ccc(CC(CBr)c2cccc(Cl)c2)c(Br)c1. The summed E-state index contributed by atoms with van der Waals surface area (Å²) in [6.07, 6.45) is 0.826. The Bertz CT molecular complexity index is 572. The molecule has 19 heavy (non-hydrogen) atoms. The van der Waals surface area contributed by atoms with E-state index in [0.29, 0.717) is 5.92 Å². The highest BCUT2D eigenvalue weighted by Gasteiger charge is 2.13. The molecule has 0 heterocycles. The summed E-state index contributed by atoms with van der Waals surface area (Å²) in [4.78, 5) is 0. The lowest BCUT2D eigenvalue weighted by Gasteiger charge is -2.16. The average Bonchev–Trinajstić information content (AvgIpc) is 2.38. The van der Waals surface area contributed by atoms with Crippen molar-refractivity contribution in [2.75, 3.05) is 5.33 Å². The fraction of sp³-hybridized carbons (Fsp3) is 0.200. The molecule has 0 nitrogen and oxygen atoms in total. The number of halogens is 4.